The lowest BCUT2D eigenvalue weighted by Crippen LogP contribution is -2.32. The van der Waals surface area contributed by atoms with Crippen LogP contribution >= 0.6 is 0 Å². The molecule has 2 aliphatic heterocycles. The monoisotopic (exact) mass is 919 g/mol. The maximum absolute atomic E-state index is 6.91. The Kier molecular flexibility index (Phi) is 7.99. The third-order valence-corrected chi connectivity index (χ3v) is 16.0. The Balaban J connectivity index is 0.897. The molecule has 12 aromatic rings. The summed E-state index contributed by atoms with van der Waals surface area (Å²) in [6.45, 7) is 0. The summed E-state index contributed by atoms with van der Waals surface area (Å²) in [4.78, 5) is 2.40. The summed E-state index contributed by atoms with van der Waals surface area (Å²) in [7, 11) is 0. The van der Waals surface area contributed by atoms with E-state index < -0.39 is 10.8 Å². The minimum absolute atomic E-state index is 0.551. The number of hydrogen-bond acceptors (Lipinski definition) is 4. The summed E-state index contributed by atoms with van der Waals surface area (Å²) in [5, 5.41) is 2.12. The molecule has 0 amide bonds. The van der Waals surface area contributed by atoms with Crippen molar-refractivity contribution in [2.24, 2.45) is 0 Å². The molecule has 0 saturated carbocycles. The summed E-state index contributed by atoms with van der Waals surface area (Å²) in [5.74, 6) is 3.47. The number of nitrogens with zero attached hydrogens (tertiary/aromatic N) is 1. The molecule has 0 unspecified atom stereocenters. The number of hydrogen-bond donors (Lipinski definition) is 0. The van der Waals surface area contributed by atoms with E-state index in [0.29, 0.717) is 0 Å². The lowest BCUT2D eigenvalue weighted by atomic mass is 9.66. The molecule has 4 nitrogen and oxygen atoms in total. The predicted octanol–water partition coefficient (Wildman–Crippen LogP) is 17.7. The zero-order valence-corrected chi connectivity index (χ0v) is 38.8. The van der Waals surface area contributed by atoms with Crippen molar-refractivity contribution < 1.29 is 13.9 Å². The number of anilines is 3. The first kappa shape index (κ1) is 39.5. The first-order valence-corrected chi connectivity index (χ1v) is 24.7. The van der Waals surface area contributed by atoms with Crippen LogP contribution in [0, 0.1) is 0 Å². The van der Waals surface area contributed by atoms with Gasteiger partial charge in [0.05, 0.1) is 21.9 Å². The Morgan fingerprint density at radius 2 is 0.722 bits per heavy atom. The Morgan fingerprint density at radius 3 is 1.31 bits per heavy atom. The van der Waals surface area contributed by atoms with Gasteiger partial charge in [-0.15, -0.1) is 0 Å². The SMILES string of the molecule is c1ccc2c(c1)Oc1ccc(-c3ccc(N(c4ccc5c(c4)C4(c6ccccc6O5)c5ccccc5-c5ccccc54)c4cccc5oc6ccccc6c45)cc3)cc1C21c2ccccc2-c2ccccc21. The van der Waals surface area contributed by atoms with Gasteiger partial charge < -0.3 is 18.8 Å². The van der Waals surface area contributed by atoms with E-state index in [1.807, 2.05) is 6.07 Å². The van der Waals surface area contributed by atoms with E-state index in [9.17, 15) is 0 Å². The van der Waals surface area contributed by atoms with Crippen LogP contribution in [-0.4, -0.2) is 0 Å². The molecule has 0 fully saturated rings. The van der Waals surface area contributed by atoms with Gasteiger partial charge in [-0.05, 0) is 128 Å². The lowest BCUT2D eigenvalue weighted by molar-refractivity contribution is 0.436. The number of benzene rings is 11. The topological polar surface area (TPSA) is 34.8 Å². The summed E-state index contributed by atoms with van der Waals surface area (Å²) in [6.07, 6.45) is 0. The maximum Gasteiger partial charge on any atom is 0.137 e. The summed E-state index contributed by atoms with van der Waals surface area (Å²) < 4.78 is 20.3. The van der Waals surface area contributed by atoms with Gasteiger partial charge in [0.2, 0.25) is 0 Å². The summed E-state index contributed by atoms with van der Waals surface area (Å²) in [6, 6.07) is 90.0. The van der Waals surface area contributed by atoms with Gasteiger partial charge in [-0.2, -0.15) is 0 Å². The van der Waals surface area contributed by atoms with Gasteiger partial charge in [0.25, 0.3) is 0 Å². The lowest BCUT2D eigenvalue weighted by Gasteiger charge is -2.40. The normalized spacial score (nSPS) is 14.3. The number of furan rings is 1. The van der Waals surface area contributed by atoms with Gasteiger partial charge in [-0.25, -0.2) is 0 Å². The van der Waals surface area contributed by atoms with Crippen molar-refractivity contribution in [1.82, 2.24) is 0 Å². The van der Waals surface area contributed by atoms with Crippen LogP contribution in [0.2, 0.25) is 0 Å². The second kappa shape index (κ2) is 14.6. The largest absolute Gasteiger partial charge is 0.457 e. The Morgan fingerprint density at radius 1 is 0.292 bits per heavy atom. The van der Waals surface area contributed by atoms with Crippen molar-refractivity contribution in [3.8, 4) is 56.4 Å². The van der Waals surface area contributed by atoms with Crippen molar-refractivity contribution in [2.45, 2.75) is 10.8 Å². The molecule has 2 aliphatic carbocycles. The fourth-order valence-corrected chi connectivity index (χ4v) is 13.2. The molecule has 0 saturated heterocycles. The van der Waals surface area contributed by atoms with Crippen molar-refractivity contribution in [2.75, 3.05) is 4.90 Å². The minimum Gasteiger partial charge on any atom is -0.457 e. The van der Waals surface area contributed by atoms with E-state index in [1.165, 1.54) is 44.5 Å². The molecule has 336 valence electrons. The van der Waals surface area contributed by atoms with E-state index in [2.05, 4.69) is 248 Å². The summed E-state index contributed by atoms with van der Waals surface area (Å²) in [5.41, 5.74) is 20.4. The van der Waals surface area contributed by atoms with Crippen LogP contribution in [0.1, 0.15) is 44.5 Å². The fraction of sp³-hybridized carbons (Fsp3) is 0.0294. The van der Waals surface area contributed by atoms with Crippen LogP contribution in [0.15, 0.2) is 253 Å². The zero-order valence-electron chi connectivity index (χ0n) is 38.8. The standard InChI is InChI=1S/C68H41NO3/c1-6-21-51-46(16-1)47-17-2-7-22-52(47)67(51)55-25-10-13-29-61(55)71-63-38-34-43(40-57(63)67)42-32-35-44(36-33-42)69(59-27-15-31-65-66(59)50-20-5-12-28-60(50)70-65)45-37-39-64-58(41-45)68(56-26-11-14-30-62(56)72-64)53-23-8-3-18-48(53)49-19-4-9-24-54(49)68/h1-41H. The fourth-order valence-electron chi connectivity index (χ4n) is 13.2. The molecule has 0 N–H and O–H groups in total. The number of rotatable bonds is 4. The molecular formula is C68H41NO3. The van der Waals surface area contributed by atoms with Gasteiger partial charge in [0.1, 0.15) is 34.2 Å². The quantitative estimate of drug-likeness (QED) is 0.176. The van der Waals surface area contributed by atoms with Gasteiger partial charge in [-0.3, -0.25) is 0 Å². The van der Waals surface area contributed by atoms with E-state index in [1.54, 1.807) is 0 Å². The second-order valence-electron chi connectivity index (χ2n) is 19.4. The third kappa shape index (κ3) is 5.10. The average molecular weight is 920 g/mol. The van der Waals surface area contributed by atoms with Gasteiger partial charge in [0, 0.05) is 39.0 Å². The highest BCUT2D eigenvalue weighted by Crippen LogP contribution is 2.64. The smallest absolute Gasteiger partial charge is 0.137 e. The molecule has 0 radical (unpaired) electrons. The average Bonchev–Trinajstić information content (AvgIpc) is 4.07. The Bertz CT molecular complexity index is 4170. The van der Waals surface area contributed by atoms with Crippen molar-refractivity contribution in [1.29, 1.82) is 0 Å². The van der Waals surface area contributed by atoms with Crippen molar-refractivity contribution in [3.05, 3.63) is 293 Å². The van der Waals surface area contributed by atoms with Crippen LogP contribution in [0.5, 0.6) is 23.0 Å². The van der Waals surface area contributed by atoms with Crippen LogP contribution in [0.25, 0.3) is 55.3 Å². The Hall–Kier alpha value is -9.38. The molecule has 1 aromatic heterocycles. The van der Waals surface area contributed by atoms with Crippen molar-refractivity contribution in [3.63, 3.8) is 0 Å². The van der Waals surface area contributed by atoms with Crippen LogP contribution < -0.4 is 14.4 Å². The molecule has 72 heavy (non-hydrogen) atoms. The molecule has 0 atom stereocenters. The molecule has 4 aliphatic rings. The van der Waals surface area contributed by atoms with E-state index in [4.69, 9.17) is 13.9 Å². The number of fused-ring (bicyclic) bond motifs is 21. The van der Waals surface area contributed by atoms with Crippen LogP contribution in [0.4, 0.5) is 17.1 Å². The predicted molar refractivity (Wildman–Crippen MR) is 289 cm³/mol. The number of ether oxygens (including phenoxy) is 2. The molecule has 11 aromatic carbocycles. The Labute approximate surface area is 416 Å². The number of para-hydroxylation sites is 3. The third-order valence-electron chi connectivity index (χ3n) is 16.0. The van der Waals surface area contributed by atoms with Crippen LogP contribution in [0.3, 0.4) is 0 Å². The van der Waals surface area contributed by atoms with Gasteiger partial charge in [-0.1, -0.05) is 176 Å². The van der Waals surface area contributed by atoms with E-state index in [-0.39, 0.29) is 0 Å². The maximum atomic E-state index is 6.91. The van der Waals surface area contributed by atoms with Gasteiger partial charge in [0.15, 0.2) is 0 Å². The van der Waals surface area contributed by atoms with Crippen LogP contribution in [-0.2, 0) is 10.8 Å². The molecule has 4 heteroatoms. The second-order valence-corrected chi connectivity index (χ2v) is 19.4. The zero-order chi connectivity index (χ0) is 47.1. The highest BCUT2D eigenvalue weighted by atomic mass is 16.5. The van der Waals surface area contributed by atoms with E-state index >= 15 is 0 Å². The molecule has 0 bridgehead atoms. The highest BCUT2D eigenvalue weighted by Gasteiger charge is 2.52. The molecule has 3 heterocycles. The van der Waals surface area contributed by atoms with E-state index in [0.717, 1.165) is 95.4 Å². The first-order valence-electron chi connectivity index (χ1n) is 24.7. The summed E-state index contributed by atoms with van der Waals surface area (Å²) >= 11 is 0. The molecule has 2 spiro atoms. The first-order chi connectivity index (χ1) is 35.7. The van der Waals surface area contributed by atoms with Crippen molar-refractivity contribution >= 4 is 39.0 Å². The molecular weight excluding hydrogens is 879 g/mol. The van der Waals surface area contributed by atoms with Gasteiger partial charge >= 0.3 is 0 Å². The molecule has 16 rings (SSSR count). The highest BCUT2D eigenvalue weighted by molar-refractivity contribution is 6.13. The minimum atomic E-state index is -0.619.